The minimum atomic E-state index is -0.0865. The molecule has 0 radical (unpaired) electrons. The van der Waals surface area contributed by atoms with Gasteiger partial charge in [-0.1, -0.05) is 6.07 Å². The van der Waals surface area contributed by atoms with Gasteiger partial charge in [-0.3, -0.25) is 0 Å². The van der Waals surface area contributed by atoms with Gasteiger partial charge in [-0.05, 0) is 31.7 Å². The van der Waals surface area contributed by atoms with Crippen LogP contribution in [0.2, 0.25) is 0 Å². The van der Waals surface area contributed by atoms with Crippen LogP contribution in [-0.4, -0.2) is 18.6 Å². The summed E-state index contributed by atoms with van der Waals surface area (Å²) in [5.41, 5.74) is 0. The molecule has 0 spiro atoms. The lowest BCUT2D eigenvalue weighted by Crippen LogP contribution is -2.40. The minimum Gasteiger partial charge on any atom is -0.338 e. The van der Waals surface area contributed by atoms with Crippen molar-refractivity contribution in [2.45, 2.75) is 26.3 Å². The van der Waals surface area contributed by atoms with Crippen LogP contribution in [0.25, 0.3) is 0 Å². The van der Waals surface area contributed by atoms with E-state index < -0.39 is 0 Å². The van der Waals surface area contributed by atoms with Crippen LogP contribution in [0.5, 0.6) is 0 Å². The highest BCUT2D eigenvalue weighted by Gasteiger charge is 2.01. The molecule has 3 nitrogen and oxygen atoms in total. The highest BCUT2D eigenvalue weighted by atomic mass is 32.1. The number of nitrogens with one attached hydrogen (secondary N) is 2. The van der Waals surface area contributed by atoms with E-state index in [1.165, 1.54) is 4.88 Å². The Morgan fingerprint density at radius 1 is 1.57 bits per heavy atom. The van der Waals surface area contributed by atoms with Gasteiger partial charge in [0.15, 0.2) is 0 Å². The molecule has 0 aliphatic heterocycles. The van der Waals surface area contributed by atoms with Crippen molar-refractivity contribution in [2.24, 2.45) is 0 Å². The van der Waals surface area contributed by atoms with Crippen LogP contribution in [-0.2, 0) is 6.42 Å². The highest BCUT2D eigenvalue weighted by molar-refractivity contribution is 7.09. The highest BCUT2D eigenvalue weighted by Crippen LogP contribution is 2.07. The standard InChI is InChI=1S/C10H16N2OS/c1-8(2)12-10(13)11-6-5-9-4-3-7-14-9/h3-4,7-8H,5-6H2,1-2H3,(H2,11,12,13). The van der Waals surface area contributed by atoms with Gasteiger partial charge in [-0.15, -0.1) is 11.3 Å². The minimum absolute atomic E-state index is 0.0865. The smallest absolute Gasteiger partial charge is 0.314 e. The number of hydrogen-bond acceptors (Lipinski definition) is 2. The summed E-state index contributed by atoms with van der Waals surface area (Å²) in [6.07, 6.45) is 0.906. The predicted octanol–water partition coefficient (Wildman–Crippen LogP) is 2.00. The number of urea groups is 1. The Labute approximate surface area is 88.5 Å². The van der Waals surface area contributed by atoms with Gasteiger partial charge in [0, 0.05) is 17.5 Å². The van der Waals surface area contributed by atoms with Crippen molar-refractivity contribution in [2.75, 3.05) is 6.54 Å². The van der Waals surface area contributed by atoms with Crippen LogP contribution < -0.4 is 10.6 Å². The Kier molecular flexibility index (Phi) is 4.46. The molecule has 0 bridgehead atoms. The molecule has 1 heterocycles. The van der Waals surface area contributed by atoms with Crippen molar-refractivity contribution in [3.05, 3.63) is 22.4 Å². The summed E-state index contributed by atoms with van der Waals surface area (Å²) in [4.78, 5) is 12.5. The number of thiophene rings is 1. The molecule has 0 aliphatic carbocycles. The summed E-state index contributed by atoms with van der Waals surface area (Å²) >= 11 is 1.72. The number of hydrogen-bond donors (Lipinski definition) is 2. The lowest BCUT2D eigenvalue weighted by atomic mass is 10.3. The molecule has 0 fully saturated rings. The molecule has 78 valence electrons. The van der Waals surface area contributed by atoms with E-state index in [4.69, 9.17) is 0 Å². The van der Waals surface area contributed by atoms with Gasteiger partial charge in [0.25, 0.3) is 0 Å². The molecule has 14 heavy (non-hydrogen) atoms. The average molecular weight is 212 g/mol. The fourth-order valence-electron chi connectivity index (χ4n) is 1.07. The van der Waals surface area contributed by atoms with E-state index in [2.05, 4.69) is 16.7 Å². The van der Waals surface area contributed by atoms with Gasteiger partial charge in [0.05, 0.1) is 0 Å². The maximum absolute atomic E-state index is 11.2. The third-order valence-corrected chi connectivity index (χ3v) is 2.59. The second-order valence-corrected chi connectivity index (χ2v) is 4.42. The average Bonchev–Trinajstić information content (AvgIpc) is 2.55. The van der Waals surface area contributed by atoms with Crippen molar-refractivity contribution in [3.8, 4) is 0 Å². The molecule has 0 atom stereocenters. The SMILES string of the molecule is CC(C)NC(=O)NCCc1cccs1. The summed E-state index contributed by atoms with van der Waals surface area (Å²) in [6, 6.07) is 4.20. The van der Waals surface area contributed by atoms with E-state index in [0.717, 1.165) is 6.42 Å². The zero-order valence-corrected chi connectivity index (χ0v) is 9.36. The first-order chi connectivity index (χ1) is 6.68. The number of carbonyl (C=O) groups is 1. The van der Waals surface area contributed by atoms with Gasteiger partial charge >= 0.3 is 6.03 Å². The Morgan fingerprint density at radius 2 is 2.36 bits per heavy atom. The zero-order chi connectivity index (χ0) is 10.4. The third kappa shape index (κ3) is 4.28. The number of rotatable bonds is 4. The van der Waals surface area contributed by atoms with Gasteiger partial charge in [-0.25, -0.2) is 4.79 Å². The van der Waals surface area contributed by atoms with Crippen LogP contribution in [0, 0.1) is 0 Å². The fraction of sp³-hybridized carbons (Fsp3) is 0.500. The first-order valence-corrected chi connectivity index (χ1v) is 5.63. The van der Waals surface area contributed by atoms with E-state index in [-0.39, 0.29) is 12.1 Å². The summed E-state index contributed by atoms with van der Waals surface area (Å²) in [6.45, 7) is 4.58. The molecule has 2 N–H and O–H groups in total. The molecule has 1 aromatic heterocycles. The zero-order valence-electron chi connectivity index (χ0n) is 8.54. The normalized spacial score (nSPS) is 10.2. The molecule has 0 unspecified atom stereocenters. The summed E-state index contributed by atoms with van der Waals surface area (Å²) in [5.74, 6) is 0. The summed E-state index contributed by atoms with van der Waals surface area (Å²) in [7, 11) is 0. The topological polar surface area (TPSA) is 41.1 Å². The molecule has 0 aliphatic rings. The van der Waals surface area contributed by atoms with E-state index in [1.807, 2.05) is 25.3 Å². The largest absolute Gasteiger partial charge is 0.338 e. The maximum atomic E-state index is 11.2. The molecule has 1 aromatic rings. The van der Waals surface area contributed by atoms with Gasteiger partial charge < -0.3 is 10.6 Å². The molecule has 2 amide bonds. The number of carbonyl (C=O) groups excluding carboxylic acids is 1. The molecule has 0 saturated carbocycles. The molecule has 4 heteroatoms. The van der Waals surface area contributed by atoms with E-state index in [0.29, 0.717) is 6.54 Å². The van der Waals surface area contributed by atoms with E-state index in [1.54, 1.807) is 11.3 Å². The third-order valence-electron chi connectivity index (χ3n) is 1.66. The van der Waals surface area contributed by atoms with Crippen LogP contribution in [0.15, 0.2) is 17.5 Å². The Bertz CT molecular complexity index is 270. The lowest BCUT2D eigenvalue weighted by molar-refractivity contribution is 0.238. The van der Waals surface area contributed by atoms with E-state index >= 15 is 0 Å². The van der Waals surface area contributed by atoms with Crippen molar-refractivity contribution in [1.29, 1.82) is 0 Å². The maximum Gasteiger partial charge on any atom is 0.314 e. The van der Waals surface area contributed by atoms with Gasteiger partial charge in [0.2, 0.25) is 0 Å². The van der Waals surface area contributed by atoms with Crippen LogP contribution in [0.3, 0.4) is 0 Å². The molecule has 0 saturated heterocycles. The summed E-state index contributed by atoms with van der Waals surface area (Å²) < 4.78 is 0. The lowest BCUT2D eigenvalue weighted by Gasteiger charge is -2.09. The second kappa shape index (κ2) is 5.65. The Morgan fingerprint density at radius 3 is 2.93 bits per heavy atom. The Balaban J connectivity index is 2.12. The monoisotopic (exact) mass is 212 g/mol. The van der Waals surface area contributed by atoms with Crippen molar-refractivity contribution < 1.29 is 4.79 Å². The van der Waals surface area contributed by atoms with Crippen LogP contribution in [0.1, 0.15) is 18.7 Å². The fourth-order valence-corrected chi connectivity index (χ4v) is 1.78. The van der Waals surface area contributed by atoms with E-state index in [9.17, 15) is 4.79 Å². The number of amides is 2. The van der Waals surface area contributed by atoms with Crippen LogP contribution in [0.4, 0.5) is 4.79 Å². The molecular formula is C10H16N2OS. The summed E-state index contributed by atoms with van der Waals surface area (Å²) in [5, 5.41) is 7.63. The quantitative estimate of drug-likeness (QED) is 0.787. The van der Waals surface area contributed by atoms with Crippen molar-refractivity contribution >= 4 is 17.4 Å². The first kappa shape index (κ1) is 11.0. The molecular weight excluding hydrogens is 196 g/mol. The molecule has 1 rings (SSSR count). The van der Waals surface area contributed by atoms with Gasteiger partial charge in [0.1, 0.15) is 0 Å². The van der Waals surface area contributed by atoms with Crippen molar-refractivity contribution in [3.63, 3.8) is 0 Å². The molecule has 0 aromatic carbocycles. The van der Waals surface area contributed by atoms with Gasteiger partial charge in [-0.2, -0.15) is 0 Å². The van der Waals surface area contributed by atoms with Crippen molar-refractivity contribution in [1.82, 2.24) is 10.6 Å². The Hall–Kier alpha value is -1.03. The predicted molar refractivity (Wildman–Crippen MR) is 59.7 cm³/mol. The second-order valence-electron chi connectivity index (χ2n) is 3.38. The van der Waals surface area contributed by atoms with Crippen LogP contribution >= 0.6 is 11.3 Å². The first-order valence-electron chi connectivity index (χ1n) is 4.75.